The van der Waals surface area contributed by atoms with Gasteiger partial charge >= 0.3 is 0 Å². The van der Waals surface area contributed by atoms with Gasteiger partial charge in [0.15, 0.2) is 0 Å². The maximum absolute atomic E-state index is 12.4. The number of aliphatic hydroxyl groups is 1. The van der Waals surface area contributed by atoms with Crippen molar-refractivity contribution in [3.8, 4) is 0 Å². The average molecular weight is 340 g/mol. The first kappa shape index (κ1) is 17.7. The van der Waals surface area contributed by atoms with E-state index in [0.717, 1.165) is 0 Å². The fourth-order valence-electron chi connectivity index (χ4n) is 1.73. The van der Waals surface area contributed by atoms with E-state index >= 15 is 0 Å². The van der Waals surface area contributed by atoms with Crippen LogP contribution >= 0.6 is 23.2 Å². The summed E-state index contributed by atoms with van der Waals surface area (Å²) < 4.78 is 27.4. The summed E-state index contributed by atoms with van der Waals surface area (Å²) in [5.41, 5.74) is -0.332. The van der Waals surface area contributed by atoms with Crippen molar-refractivity contribution in [2.75, 3.05) is 6.61 Å². The van der Waals surface area contributed by atoms with Crippen LogP contribution in [0, 0.1) is 5.41 Å². The zero-order valence-electron chi connectivity index (χ0n) is 11.7. The Labute approximate surface area is 130 Å². The van der Waals surface area contributed by atoms with Crippen molar-refractivity contribution in [3.05, 3.63) is 28.2 Å². The van der Waals surface area contributed by atoms with E-state index in [9.17, 15) is 8.42 Å². The number of aliphatic hydroxyl groups excluding tert-OH is 1. The third-order valence-corrected chi connectivity index (χ3v) is 5.13. The van der Waals surface area contributed by atoms with E-state index in [1.807, 2.05) is 20.8 Å². The number of nitrogens with one attached hydrogen (secondary N) is 1. The molecule has 0 saturated carbocycles. The molecule has 0 bridgehead atoms. The maximum Gasteiger partial charge on any atom is 0.242 e. The summed E-state index contributed by atoms with van der Waals surface area (Å²) in [6.45, 7) is 5.59. The van der Waals surface area contributed by atoms with Crippen molar-refractivity contribution < 1.29 is 13.5 Å². The minimum absolute atomic E-state index is 0.0566. The lowest BCUT2D eigenvalue weighted by molar-refractivity contribution is 0.214. The van der Waals surface area contributed by atoms with E-state index in [1.165, 1.54) is 18.2 Å². The molecule has 1 aromatic carbocycles. The predicted molar refractivity (Wildman–Crippen MR) is 81.7 cm³/mol. The molecule has 1 aromatic rings. The van der Waals surface area contributed by atoms with Gasteiger partial charge in [-0.25, -0.2) is 13.1 Å². The van der Waals surface area contributed by atoms with E-state index in [4.69, 9.17) is 28.3 Å². The molecule has 0 spiro atoms. The molecule has 0 aliphatic heterocycles. The molecule has 1 unspecified atom stereocenters. The Hall–Kier alpha value is -0.330. The van der Waals surface area contributed by atoms with Gasteiger partial charge in [-0.3, -0.25) is 0 Å². The molecule has 114 valence electrons. The number of sulfonamides is 1. The van der Waals surface area contributed by atoms with Crippen LogP contribution in [0.4, 0.5) is 0 Å². The Morgan fingerprint density at radius 3 is 2.40 bits per heavy atom. The standard InChI is InChI=1S/C13H19Cl2NO3S/c1-13(2,3)12(6-7-17)16-20(18,19)11-8-9(14)4-5-10(11)15/h4-5,8,12,16-17H,6-7H2,1-3H3. The van der Waals surface area contributed by atoms with E-state index in [-0.39, 0.29) is 21.9 Å². The van der Waals surface area contributed by atoms with Crippen molar-refractivity contribution in [1.82, 2.24) is 4.72 Å². The van der Waals surface area contributed by atoms with Gasteiger partial charge in [-0.05, 0) is 30.0 Å². The second-order valence-electron chi connectivity index (χ2n) is 5.63. The van der Waals surface area contributed by atoms with Gasteiger partial charge in [-0.15, -0.1) is 0 Å². The first-order valence-electron chi connectivity index (χ1n) is 6.16. The largest absolute Gasteiger partial charge is 0.396 e. The third kappa shape index (κ3) is 4.60. The fraction of sp³-hybridized carbons (Fsp3) is 0.538. The summed E-state index contributed by atoms with van der Waals surface area (Å²) in [5, 5.41) is 9.49. The van der Waals surface area contributed by atoms with E-state index < -0.39 is 16.1 Å². The van der Waals surface area contributed by atoms with Gasteiger partial charge < -0.3 is 5.11 Å². The van der Waals surface area contributed by atoms with Crippen LogP contribution in [0.5, 0.6) is 0 Å². The lowest BCUT2D eigenvalue weighted by Gasteiger charge is -2.31. The number of rotatable bonds is 5. The monoisotopic (exact) mass is 339 g/mol. The van der Waals surface area contributed by atoms with Crippen molar-refractivity contribution in [2.24, 2.45) is 5.41 Å². The second-order valence-corrected chi connectivity index (χ2v) is 8.15. The smallest absolute Gasteiger partial charge is 0.242 e. The van der Waals surface area contributed by atoms with Gasteiger partial charge in [0, 0.05) is 17.7 Å². The highest BCUT2D eigenvalue weighted by molar-refractivity contribution is 7.89. The summed E-state index contributed by atoms with van der Waals surface area (Å²) >= 11 is 11.7. The van der Waals surface area contributed by atoms with Crippen LogP contribution in [-0.2, 0) is 10.0 Å². The highest BCUT2D eigenvalue weighted by atomic mass is 35.5. The lowest BCUT2D eigenvalue weighted by atomic mass is 9.86. The van der Waals surface area contributed by atoms with Crippen LogP contribution < -0.4 is 4.72 Å². The first-order chi connectivity index (χ1) is 9.08. The molecular formula is C13H19Cl2NO3S. The summed E-state index contributed by atoms with van der Waals surface area (Å²) in [4.78, 5) is -0.0566. The number of benzene rings is 1. The highest BCUT2D eigenvalue weighted by Crippen LogP contribution is 2.28. The first-order valence-corrected chi connectivity index (χ1v) is 8.40. The van der Waals surface area contributed by atoms with Gasteiger partial charge in [0.05, 0.1) is 5.02 Å². The third-order valence-electron chi connectivity index (χ3n) is 2.94. The van der Waals surface area contributed by atoms with E-state index in [2.05, 4.69) is 4.72 Å². The minimum Gasteiger partial charge on any atom is -0.396 e. The summed E-state index contributed by atoms with van der Waals surface area (Å²) in [7, 11) is -3.80. The zero-order valence-corrected chi connectivity index (χ0v) is 14.0. The summed E-state index contributed by atoms with van der Waals surface area (Å²) in [6, 6.07) is 3.87. The molecule has 0 aromatic heterocycles. The summed E-state index contributed by atoms with van der Waals surface area (Å²) in [6.07, 6.45) is 0.320. The Kier molecular flexibility index (Phi) is 5.87. The molecule has 0 fully saturated rings. The van der Waals surface area contributed by atoms with Crippen LogP contribution in [0.3, 0.4) is 0 Å². The van der Waals surface area contributed by atoms with Crippen LogP contribution in [-0.4, -0.2) is 26.2 Å². The quantitative estimate of drug-likeness (QED) is 0.866. The van der Waals surface area contributed by atoms with Gasteiger partial charge in [0.2, 0.25) is 10.0 Å². The molecule has 0 radical (unpaired) electrons. The maximum atomic E-state index is 12.4. The molecular weight excluding hydrogens is 321 g/mol. The van der Waals surface area contributed by atoms with Crippen LogP contribution in [0.2, 0.25) is 10.0 Å². The molecule has 0 amide bonds. The Morgan fingerprint density at radius 2 is 1.90 bits per heavy atom. The Bertz CT molecular complexity index is 567. The molecule has 0 heterocycles. The molecule has 1 atom stereocenters. The molecule has 1 rings (SSSR count). The van der Waals surface area contributed by atoms with E-state index in [0.29, 0.717) is 11.4 Å². The minimum atomic E-state index is -3.80. The number of hydrogen-bond donors (Lipinski definition) is 2. The lowest BCUT2D eigenvalue weighted by Crippen LogP contribution is -2.44. The van der Waals surface area contributed by atoms with E-state index in [1.54, 1.807) is 0 Å². The zero-order chi connectivity index (χ0) is 15.6. The fourth-order valence-corrected chi connectivity index (χ4v) is 3.97. The topological polar surface area (TPSA) is 66.4 Å². The molecule has 4 nitrogen and oxygen atoms in total. The summed E-state index contributed by atoms with van der Waals surface area (Å²) in [5.74, 6) is 0. The average Bonchev–Trinajstić information content (AvgIpc) is 2.30. The molecule has 20 heavy (non-hydrogen) atoms. The molecule has 0 aliphatic carbocycles. The van der Waals surface area contributed by atoms with Crippen LogP contribution in [0.15, 0.2) is 23.1 Å². The Balaban J connectivity index is 3.13. The Morgan fingerprint density at radius 1 is 1.30 bits per heavy atom. The van der Waals surface area contributed by atoms with Gasteiger partial charge in [0.25, 0.3) is 0 Å². The molecule has 0 saturated heterocycles. The van der Waals surface area contributed by atoms with Crippen molar-refractivity contribution >= 4 is 33.2 Å². The second kappa shape index (κ2) is 6.62. The van der Waals surface area contributed by atoms with Crippen molar-refractivity contribution in [1.29, 1.82) is 0 Å². The van der Waals surface area contributed by atoms with Crippen molar-refractivity contribution in [2.45, 2.75) is 38.1 Å². The predicted octanol–water partition coefficient (Wildman–Crippen LogP) is 3.07. The van der Waals surface area contributed by atoms with Gasteiger partial charge in [0.1, 0.15) is 4.90 Å². The number of halogens is 2. The van der Waals surface area contributed by atoms with Crippen LogP contribution in [0.1, 0.15) is 27.2 Å². The SMILES string of the molecule is CC(C)(C)C(CCO)NS(=O)(=O)c1cc(Cl)ccc1Cl. The normalized spacial score (nSPS) is 14.3. The number of hydrogen-bond acceptors (Lipinski definition) is 3. The van der Waals surface area contributed by atoms with Gasteiger partial charge in [-0.1, -0.05) is 44.0 Å². The van der Waals surface area contributed by atoms with Gasteiger partial charge in [-0.2, -0.15) is 0 Å². The molecule has 2 N–H and O–H groups in total. The van der Waals surface area contributed by atoms with Crippen molar-refractivity contribution in [3.63, 3.8) is 0 Å². The molecule has 7 heteroatoms. The highest BCUT2D eigenvalue weighted by Gasteiger charge is 2.30. The van der Waals surface area contributed by atoms with Crippen LogP contribution in [0.25, 0.3) is 0 Å². The molecule has 0 aliphatic rings.